The minimum absolute atomic E-state index is 0.0657. The number of primary amides is 1. The minimum atomic E-state index is -4.58. The molecule has 0 aliphatic heterocycles. The van der Waals surface area contributed by atoms with Crippen LogP contribution < -0.4 is 11.3 Å². The fraction of sp³-hybridized carbons (Fsp3) is 0.267. The molecule has 0 saturated carbocycles. The molecule has 0 spiro atoms. The molecule has 2 aromatic carbocycles. The lowest BCUT2D eigenvalue weighted by Crippen LogP contribution is -2.35. The number of rotatable bonds is 11. The monoisotopic (exact) mass is 594 g/mol. The van der Waals surface area contributed by atoms with Gasteiger partial charge in [0.05, 0.1) is 17.5 Å². The fourth-order valence-electron chi connectivity index (χ4n) is 4.75. The molecule has 1 amide bonds. The molecular formula is C30H31FN4O6S. The smallest absolute Gasteiger partial charge is 0.277 e. The maximum absolute atomic E-state index is 14.1. The van der Waals surface area contributed by atoms with E-state index in [2.05, 4.69) is 9.97 Å². The van der Waals surface area contributed by atoms with Crippen molar-refractivity contribution in [1.82, 2.24) is 14.5 Å². The highest BCUT2D eigenvalue weighted by atomic mass is 32.2. The molecule has 0 saturated heterocycles. The lowest BCUT2D eigenvalue weighted by molar-refractivity contribution is 0.1000. The summed E-state index contributed by atoms with van der Waals surface area (Å²) in [5.74, 6) is -2.07. The number of pyridine rings is 1. The van der Waals surface area contributed by atoms with Crippen LogP contribution in [0.15, 0.2) is 75.4 Å². The number of sulfone groups is 1. The second kappa shape index (κ2) is 12.6. The summed E-state index contributed by atoms with van der Waals surface area (Å²) in [4.78, 5) is 32.6. The molecule has 0 bridgehead atoms. The zero-order valence-corrected chi connectivity index (χ0v) is 24.2. The molecule has 0 aliphatic carbocycles. The second-order valence-corrected chi connectivity index (χ2v) is 11.6. The van der Waals surface area contributed by atoms with Crippen LogP contribution in [0.1, 0.15) is 53.1 Å². The lowest BCUT2D eigenvalue weighted by Gasteiger charge is -2.24. The van der Waals surface area contributed by atoms with Gasteiger partial charge in [-0.25, -0.2) is 13.4 Å². The van der Waals surface area contributed by atoms with Gasteiger partial charge in [-0.05, 0) is 60.4 Å². The number of carbonyl (C=O) groups is 1. The Bertz CT molecular complexity index is 1790. The number of ether oxygens (including phenoxy) is 1. The normalized spacial score (nSPS) is 12.3. The highest BCUT2D eigenvalue weighted by Crippen LogP contribution is 2.30. The van der Waals surface area contributed by atoms with E-state index in [1.54, 1.807) is 25.1 Å². The van der Waals surface area contributed by atoms with Crippen LogP contribution in [0.5, 0.6) is 5.88 Å². The highest BCUT2D eigenvalue weighted by molar-refractivity contribution is 7.91. The first kappa shape index (κ1) is 30.5. The molecule has 1 atom stereocenters. The number of amides is 1. The number of halogens is 1. The number of hydrogen-bond acceptors (Lipinski definition) is 8. The average Bonchev–Trinajstić information content (AvgIpc) is 2.96. The van der Waals surface area contributed by atoms with Crippen molar-refractivity contribution in [3.05, 3.63) is 99.6 Å². The topological polar surface area (TPSA) is 154 Å². The standard InChI is InChI=1S/C30H31FN4O6S/c1-4-5-9-25-34-29(37)26(30(38)35(25)24(17-41-3)20-7-6-8-21(16-20)28(32)36)42(39,40)22-12-10-19(11-13-22)23-14-15-33-27(31)18(23)2/h6-8,10-16,24,37H,4-5,9,17H2,1-3H3,(H2,32,36)/t24-/m0/s1. The Balaban J connectivity index is 1.89. The first-order valence-electron chi connectivity index (χ1n) is 13.2. The van der Waals surface area contributed by atoms with Gasteiger partial charge < -0.3 is 15.6 Å². The van der Waals surface area contributed by atoms with E-state index in [4.69, 9.17) is 10.5 Å². The number of aryl methyl sites for hydroxylation is 1. The van der Waals surface area contributed by atoms with E-state index in [-0.39, 0.29) is 29.3 Å². The molecule has 3 N–H and O–H groups in total. The molecular weight excluding hydrogens is 563 g/mol. The van der Waals surface area contributed by atoms with Crippen LogP contribution in [0, 0.1) is 12.9 Å². The summed E-state index contributed by atoms with van der Waals surface area (Å²) < 4.78 is 48.2. The summed E-state index contributed by atoms with van der Waals surface area (Å²) in [6, 6.07) is 12.5. The third-order valence-corrected chi connectivity index (χ3v) is 8.75. The van der Waals surface area contributed by atoms with Gasteiger partial charge in [0.15, 0.2) is 4.90 Å². The zero-order chi connectivity index (χ0) is 30.6. The third kappa shape index (κ3) is 5.95. The second-order valence-electron chi connectivity index (χ2n) is 9.72. The molecule has 2 aromatic heterocycles. The van der Waals surface area contributed by atoms with Gasteiger partial charge in [0.25, 0.3) is 5.56 Å². The molecule has 4 rings (SSSR count). The number of aromatic hydroxyl groups is 1. The SMILES string of the molecule is CCCCc1nc(O)c(S(=O)(=O)c2ccc(-c3ccnc(F)c3C)cc2)c(=O)n1[C@@H](COC)c1cccc(C(N)=O)c1. The van der Waals surface area contributed by atoms with Gasteiger partial charge in [-0.3, -0.25) is 14.2 Å². The predicted octanol–water partition coefficient (Wildman–Crippen LogP) is 3.97. The first-order chi connectivity index (χ1) is 20.0. The number of unbranched alkanes of at least 4 members (excludes halogenated alkanes) is 1. The first-order valence-corrected chi connectivity index (χ1v) is 14.7. The van der Waals surface area contributed by atoms with Gasteiger partial charge >= 0.3 is 0 Å². The van der Waals surface area contributed by atoms with Gasteiger partial charge in [-0.1, -0.05) is 37.6 Å². The van der Waals surface area contributed by atoms with Crippen LogP contribution in [0.4, 0.5) is 4.39 Å². The molecule has 2 heterocycles. The van der Waals surface area contributed by atoms with Crippen LogP contribution in [-0.4, -0.2) is 47.7 Å². The number of carbonyl (C=O) groups excluding carboxylic acids is 1. The maximum Gasteiger partial charge on any atom is 0.277 e. The highest BCUT2D eigenvalue weighted by Gasteiger charge is 2.32. The van der Waals surface area contributed by atoms with E-state index in [1.165, 1.54) is 54.3 Å². The van der Waals surface area contributed by atoms with Gasteiger partial charge in [-0.15, -0.1) is 0 Å². The van der Waals surface area contributed by atoms with Gasteiger partial charge in [0, 0.05) is 30.9 Å². The number of aromatic nitrogens is 3. The van der Waals surface area contributed by atoms with Crippen molar-refractivity contribution in [2.45, 2.75) is 48.9 Å². The molecule has 220 valence electrons. The van der Waals surface area contributed by atoms with E-state index < -0.39 is 44.1 Å². The van der Waals surface area contributed by atoms with Gasteiger partial charge in [0.2, 0.25) is 27.6 Å². The molecule has 12 heteroatoms. The molecule has 42 heavy (non-hydrogen) atoms. The summed E-state index contributed by atoms with van der Waals surface area (Å²) in [5.41, 5.74) is 6.50. The van der Waals surface area contributed by atoms with Crippen molar-refractivity contribution in [1.29, 1.82) is 0 Å². The molecule has 0 radical (unpaired) electrons. The van der Waals surface area contributed by atoms with Crippen LogP contribution in [-0.2, 0) is 21.0 Å². The van der Waals surface area contributed by atoms with Crippen molar-refractivity contribution < 1.29 is 27.4 Å². The third-order valence-electron chi connectivity index (χ3n) is 6.96. The Hall–Kier alpha value is -4.42. The van der Waals surface area contributed by atoms with Crippen molar-refractivity contribution in [2.24, 2.45) is 5.73 Å². The van der Waals surface area contributed by atoms with Crippen molar-refractivity contribution in [3.8, 4) is 17.0 Å². The number of hydrogen-bond donors (Lipinski definition) is 2. The van der Waals surface area contributed by atoms with Crippen LogP contribution in [0.2, 0.25) is 0 Å². The fourth-order valence-corrected chi connectivity index (χ4v) is 6.09. The minimum Gasteiger partial charge on any atom is -0.492 e. The van der Waals surface area contributed by atoms with Gasteiger partial charge in [0.1, 0.15) is 5.82 Å². The summed E-state index contributed by atoms with van der Waals surface area (Å²) in [5, 5.41) is 10.8. The van der Waals surface area contributed by atoms with Crippen molar-refractivity contribution >= 4 is 15.7 Å². The number of benzene rings is 2. The van der Waals surface area contributed by atoms with Crippen molar-refractivity contribution in [3.63, 3.8) is 0 Å². The number of nitrogens with zero attached hydrogens (tertiary/aromatic N) is 3. The Kier molecular flexibility index (Phi) is 9.17. The number of methoxy groups -OCH3 is 1. The van der Waals surface area contributed by atoms with E-state index in [0.717, 1.165) is 6.42 Å². The van der Waals surface area contributed by atoms with E-state index in [0.29, 0.717) is 28.7 Å². The van der Waals surface area contributed by atoms with E-state index in [1.807, 2.05) is 6.92 Å². The van der Waals surface area contributed by atoms with Crippen LogP contribution >= 0.6 is 0 Å². The maximum atomic E-state index is 14.1. The lowest BCUT2D eigenvalue weighted by atomic mass is 10.0. The Labute approximate surface area is 242 Å². The molecule has 10 nitrogen and oxygen atoms in total. The van der Waals surface area contributed by atoms with Crippen LogP contribution in [0.3, 0.4) is 0 Å². The number of nitrogens with two attached hydrogens (primary N) is 1. The van der Waals surface area contributed by atoms with Gasteiger partial charge in [-0.2, -0.15) is 9.37 Å². The average molecular weight is 595 g/mol. The summed E-state index contributed by atoms with van der Waals surface area (Å²) in [7, 11) is -3.16. The largest absolute Gasteiger partial charge is 0.492 e. The Morgan fingerprint density at radius 1 is 1.17 bits per heavy atom. The Morgan fingerprint density at radius 3 is 2.52 bits per heavy atom. The quantitative estimate of drug-likeness (QED) is 0.247. The predicted molar refractivity (Wildman–Crippen MR) is 154 cm³/mol. The molecule has 0 aliphatic rings. The molecule has 4 aromatic rings. The molecule has 0 fully saturated rings. The summed E-state index contributed by atoms with van der Waals surface area (Å²) in [6.45, 7) is 3.43. The molecule has 0 unspecified atom stereocenters. The van der Waals surface area contributed by atoms with Crippen LogP contribution in [0.25, 0.3) is 11.1 Å². The zero-order valence-electron chi connectivity index (χ0n) is 23.4. The van der Waals surface area contributed by atoms with E-state index >= 15 is 0 Å². The van der Waals surface area contributed by atoms with Crippen molar-refractivity contribution in [2.75, 3.05) is 13.7 Å². The van der Waals surface area contributed by atoms with E-state index in [9.17, 15) is 27.5 Å². The summed E-state index contributed by atoms with van der Waals surface area (Å²) >= 11 is 0. The summed E-state index contributed by atoms with van der Waals surface area (Å²) in [6.07, 6.45) is 2.93. The Morgan fingerprint density at radius 2 is 1.88 bits per heavy atom.